The maximum atomic E-state index is 12.0. The third kappa shape index (κ3) is 3.98. The molecule has 0 radical (unpaired) electrons. The van der Waals surface area contributed by atoms with Crippen molar-refractivity contribution < 1.29 is 4.79 Å². The Kier molecular flexibility index (Phi) is 6.06. The minimum atomic E-state index is -0.0703. The van der Waals surface area contributed by atoms with Crippen LogP contribution in [-0.2, 0) is 11.3 Å². The van der Waals surface area contributed by atoms with Gasteiger partial charge in [0.1, 0.15) is 6.04 Å². The van der Waals surface area contributed by atoms with Crippen LogP contribution in [0.5, 0.6) is 0 Å². The van der Waals surface area contributed by atoms with E-state index in [1.807, 2.05) is 0 Å². The largest absolute Gasteiger partial charge is 0.357 e. The second kappa shape index (κ2) is 7.80. The van der Waals surface area contributed by atoms with Gasteiger partial charge in [0, 0.05) is 24.1 Å². The van der Waals surface area contributed by atoms with Crippen LogP contribution in [-0.4, -0.2) is 31.6 Å². The van der Waals surface area contributed by atoms with Gasteiger partial charge in [0.25, 0.3) is 0 Å². The van der Waals surface area contributed by atoms with Crippen LogP contribution in [0.2, 0.25) is 0 Å². The van der Waals surface area contributed by atoms with Crippen molar-refractivity contribution in [2.75, 3.05) is 24.5 Å². The number of halogens is 1. The lowest BCUT2D eigenvalue weighted by Crippen LogP contribution is -2.55. The first kappa shape index (κ1) is 16.3. The second-order valence-corrected chi connectivity index (χ2v) is 6.23. The number of rotatable bonds is 6. The van der Waals surface area contributed by atoms with Gasteiger partial charge in [-0.1, -0.05) is 19.9 Å². The van der Waals surface area contributed by atoms with Crippen LogP contribution in [0.3, 0.4) is 0 Å². The van der Waals surface area contributed by atoms with Gasteiger partial charge in [-0.05, 0) is 53.0 Å². The fraction of sp³-hybridized carbons (Fsp3) is 0.562. The summed E-state index contributed by atoms with van der Waals surface area (Å²) in [4.78, 5) is 14.2. The van der Waals surface area contributed by atoms with E-state index in [9.17, 15) is 4.79 Å². The molecule has 5 heteroatoms. The maximum absolute atomic E-state index is 12.0. The first-order valence-electron chi connectivity index (χ1n) is 7.70. The molecule has 1 saturated heterocycles. The fourth-order valence-electron chi connectivity index (χ4n) is 2.71. The average Bonchev–Trinajstić information content (AvgIpc) is 2.47. The normalized spacial score (nSPS) is 18.7. The van der Waals surface area contributed by atoms with Gasteiger partial charge in [-0.2, -0.15) is 0 Å². The van der Waals surface area contributed by atoms with Crippen LogP contribution in [0.25, 0.3) is 0 Å². The minimum Gasteiger partial charge on any atom is -0.357 e. The molecular formula is C16H24BrN3O. The summed E-state index contributed by atoms with van der Waals surface area (Å²) in [7, 11) is 0. The lowest BCUT2D eigenvalue weighted by atomic mass is 10.1. The van der Waals surface area contributed by atoms with E-state index in [0.717, 1.165) is 42.6 Å². The number of anilines is 1. The van der Waals surface area contributed by atoms with Crippen molar-refractivity contribution in [1.29, 1.82) is 0 Å². The van der Waals surface area contributed by atoms with Gasteiger partial charge in [-0.15, -0.1) is 0 Å². The lowest BCUT2D eigenvalue weighted by molar-refractivity contribution is -0.123. The quantitative estimate of drug-likeness (QED) is 0.772. The summed E-state index contributed by atoms with van der Waals surface area (Å²) in [6.07, 6.45) is 1.96. The van der Waals surface area contributed by atoms with E-state index >= 15 is 0 Å². The topological polar surface area (TPSA) is 44.4 Å². The van der Waals surface area contributed by atoms with Crippen LogP contribution in [0.4, 0.5) is 5.69 Å². The van der Waals surface area contributed by atoms with Gasteiger partial charge in [0.05, 0.1) is 5.69 Å². The van der Waals surface area contributed by atoms with E-state index in [2.05, 4.69) is 63.5 Å². The van der Waals surface area contributed by atoms with Crippen molar-refractivity contribution in [1.82, 2.24) is 10.6 Å². The highest BCUT2D eigenvalue weighted by molar-refractivity contribution is 9.10. The number of amides is 1. The minimum absolute atomic E-state index is 0.0703. The summed E-state index contributed by atoms with van der Waals surface area (Å²) in [5, 5.41) is 6.35. The van der Waals surface area contributed by atoms with Gasteiger partial charge in [-0.25, -0.2) is 0 Å². The Bertz CT molecular complexity index is 492. The smallest absolute Gasteiger partial charge is 0.242 e. The van der Waals surface area contributed by atoms with Crippen molar-refractivity contribution in [3.63, 3.8) is 0 Å². The molecule has 1 amide bonds. The zero-order valence-corrected chi connectivity index (χ0v) is 14.4. The van der Waals surface area contributed by atoms with Crippen molar-refractivity contribution in [2.24, 2.45) is 0 Å². The van der Waals surface area contributed by atoms with E-state index in [4.69, 9.17) is 0 Å². The van der Waals surface area contributed by atoms with E-state index in [0.29, 0.717) is 6.54 Å². The highest BCUT2D eigenvalue weighted by atomic mass is 79.9. The summed E-state index contributed by atoms with van der Waals surface area (Å²) in [6.45, 7) is 7.70. The molecule has 1 atom stereocenters. The standard InChI is InChI=1S/C16H24BrN3O/c1-3-7-18-11-12-5-6-15(13(17)10-12)20-9-8-19-16(21)14(20)4-2/h5-6,10,14,18H,3-4,7-9,11H2,1-2H3,(H,19,21). The fourth-order valence-corrected chi connectivity index (χ4v) is 3.37. The number of carbonyl (C=O) groups is 1. The molecule has 0 aliphatic carbocycles. The van der Waals surface area contributed by atoms with Gasteiger partial charge in [0.15, 0.2) is 0 Å². The van der Waals surface area contributed by atoms with Crippen molar-refractivity contribution >= 4 is 27.5 Å². The molecule has 1 heterocycles. The molecule has 21 heavy (non-hydrogen) atoms. The Morgan fingerprint density at radius 1 is 1.43 bits per heavy atom. The van der Waals surface area contributed by atoms with E-state index in [1.165, 1.54) is 5.56 Å². The van der Waals surface area contributed by atoms with Crippen molar-refractivity contribution in [3.8, 4) is 0 Å². The van der Waals surface area contributed by atoms with Crippen molar-refractivity contribution in [3.05, 3.63) is 28.2 Å². The van der Waals surface area contributed by atoms with Crippen LogP contribution in [0.1, 0.15) is 32.3 Å². The van der Waals surface area contributed by atoms with Crippen LogP contribution >= 0.6 is 15.9 Å². The number of nitrogens with zero attached hydrogens (tertiary/aromatic N) is 1. The van der Waals surface area contributed by atoms with Gasteiger partial charge in [-0.3, -0.25) is 4.79 Å². The Labute approximate surface area is 135 Å². The molecule has 1 unspecified atom stereocenters. The third-order valence-electron chi connectivity index (χ3n) is 3.79. The van der Waals surface area contributed by atoms with E-state index < -0.39 is 0 Å². The van der Waals surface area contributed by atoms with Crippen molar-refractivity contribution in [2.45, 2.75) is 39.3 Å². The number of hydrogen-bond acceptors (Lipinski definition) is 3. The first-order valence-corrected chi connectivity index (χ1v) is 8.50. The Morgan fingerprint density at radius 2 is 2.24 bits per heavy atom. The maximum Gasteiger partial charge on any atom is 0.242 e. The summed E-state index contributed by atoms with van der Waals surface area (Å²) in [6, 6.07) is 6.34. The van der Waals surface area contributed by atoms with Crippen LogP contribution < -0.4 is 15.5 Å². The van der Waals surface area contributed by atoms with E-state index in [-0.39, 0.29) is 11.9 Å². The summed E-state index contributed by atoms with van der Waals surface area (Å²) < 4.78 is 1.06. The number of nitrogens with one attached hydrogen (secondary N) is 2. The number of hydrogen-bond donors (Lipinski definition) is 2. The predicted octanol–water partition coefficient (Wildman–Crippen LogP) is 2.66. The Morgan fingerprint density at radius 3 is 2.90 bits per heavy atom. The molecule has 2 rings (SSSR count). The molecule has 0 bridgehead atoms. The molecule has 116 valence electrons. The summed E-state index contributed by atoms with van der Waals surface area (Å²) in [5.74, 6) is 0.129. The van der Waals surface area contributed by atoms with Crippen LogP contribution in [0.15, 0.2) is 22.7 Å². The average molecular weight is 354 g/mol. The molecule has 0 aromatic heterocycles. The lowest BCUT2D eigenvalue weighted by Gasteiger charge is -2.37. The molecule has 1 fully saturated rings. The molecular weight excluding hydrogens is 330 g/mol. The van der Waals surface area contributed by atoms with Crippen LogP contribution in [0, 0.1) is 0 Å². The third-order valence-corrected chi connectivity index (χ3v) is 4.43. The van der Waals surface area contributed by atoms with Gasteiger partial charge < -0.3 is 15.5 Å². The molecule has 0 spiro atoms. The number of piperazine rings is 1. The number of benzene rings is 1. The molecule has 1 aromatic rings. The molecule has 1 aromatic carbocycles. The monoisotopic (exact) mass is 353 g/mol. The van der Waals surface area contributed by atoms with E-state index in [1.54, 1.807) is 0 Å². The molecule has 1 aliphatic rings. The summed E-state index contributed by atoms with van der Waals surface area (Å²) in [5.41, 5.74) is 2.37. The second-order valence-electron chi connectivity index (χ2n) is 5.37. The summed E-state index contributed by atoms with van der Waals surface area (Å²) >= 11 is 3.67. The molecule has 4 nitrogen and oxygen atoms in total. The predicted molar refractivity (Wildman–Crippen MR) is 90.6 cm³/mol. The Balaban J connectivity index is 2.14. The first-order chi connectivity index (χ1) is 10.2. The molecule has 1 aliphatic heterocycles. The molecule has 2 N–H and O–H groups in total. The number of carbonyl (C=O) groups excluding carboxylic acids is 1. The highest BCUT2D eigenvalue weighted by Crippen LogP contribution is 2.30. The molecule has 0 saturated carbocycles. The highest BCUT2D eigenvalue weighted by Gasteiger charge is 2.29. The van der Waals surface area contributed by atoms with Gasteiger partial charge >= 0.3 is 0 Å². The Hall–Kier alpha value is -1.07. The van der Waals surface area contributed by atoms with Gasteiger partial charge in [0.2, 0.25) is 5.91 Å². The zero-order valence-electron chi connectivity index (χ0n) is 12.8. The zero-order chi connectivity index (χ0) is 15.2. The SMILES string of the molecule is CCCNCc1ccc(N2CCNC(=O)C2CC)c(Br)c1.